The highest BCUT2D eigenvalue weighted by molar-refractivity contribution is 5.81. The van der Waals surface area contributed by atoms with Gasteiger partial charge >= 0.3 is 11.9 Å². The maximum atomic E-state index is 12.9. The summed E-state index contributed by atoms with van der Waals surface area (Å²) in [5, 5.41) is 11.4. The molecule has 0 bridgehead atoms. The minimum absolute atomic E-state index is 0.0263. The minimum atomic E-state index is -0.991. The van der Waals surface area contributed by atoms with E-state index in [9.17, 15) is 14.4 Å². The van der Waals surface area contributed by atoms with Crippen molar-refractivity contribution in [1.29, 1.82) is 0 Å². The molecule has 6 heteroatoms. The van der Waals surface area contributed by atoms with Gasteiger partial charge in [0.25, 0.3) is 0 Å². The molecule has 0 spiro atoms. The highest BCUT2D eigenvalue weighted by Crippen LogP contribution is 2.68. The van der Waals surface area contributed by atoms with Crippen molar-refractivity contribution in [2.75, 3.05) is 6.54 Å². The van der Waals surface area contributed by atoms with E-state index < -0.39 is 5.97 Å². The number of carboxylic acid groups (broad SMARTS) is 1. The molecule has 0 aromatic heterocycles. The molecule has 0 heterocycles. The van der Waals surface area contributed by atoms with Crippen molar-refractivity contribution >= 4 is 17.8 Å². The van der Waals surface area contributed by atoms with Crippen LogP contribution in [0.2, 0.25) is 0 Å². The normalized spacial score (nSPS) is 31.3. The molecule has 9 atom stereocenters. The fourth-order valence-corrected chi connectivity index (χ4v) is 11.9. The molecule has 9 unspecified atom stereocenters. The first kappa shape index (κ1) is 44.3. The van der Waals surface area contributed by atoms with Gasteiger partial charge in [-0.1, -0.05) is 103 Å². The molecule has 0 aliphatic heterocycles. The molecule has 54 heavy (non-hydrogen) atoms. The summed E-state index contributed by atoms with van der Waals surface area (Å²) in [5.74, 6) is 3.00. The number of nitrogens with one attached hydrogen (secondary N) is 1. The van der Waals surface area contributed by atoms with Crippen LogP contribution in [0.1, 0.15) is 188 Å². The number of hydrogen-bond acceptors (Lipinski definition) is 4. The van der Waals surface area contributed by atoms with Crippen LogP contribution in [0.3, 0.4) is 0 Å². The molecule has 4 fully saturated rings. The molecule has 0 saturated heterocycles. The molecule has 306 valence electrons. The van der Waals surface area contributed by atoms with Gasteiger partial charge in [0.15, 0.2) is 0 Å². The number of esters is 1. The van der Waals surface area contributed by atoms with Gasteiger partial charge in [0.2, 0.25) is 5.91 Å². The second-order valence-corrected chi connectivity index (χ2v) is 18.5. The van der Waals surface area contributed by atoms with E-state index in [1.807, 2.05) is 0 Å². The zero-order valence-electron chi connectivity index (χ0n) is 35.0. The highest BCUT2D eigenvalue weighted by Gasteiger charge is 2.60. The van der Waals surface area contributed by atoms with Gasteiger partial charge in [-0.05, 0) is 155 Å². The van der Waals surface area contributed by atoms with E-state index in [0.717, 1.165) is 62.7 Å². The summed E-state index contributed by atoms with van der Waals surface area (Å²) in [5.41, 5.74) is 0.699. The van der Waals surface area contributed by atoms with E-state index in [0.29, 0.717) is 41.4 Å². The Morgan fingerprint density at radius 1 is 0.741 bits per heavy atom. The van der Waals surface area contributed by atoms with E-state index in [1.165, 1.54) is 103 Å². The zero-order chi connectivity index (χ0) is 38.8. The van der Waals surface area contributed by atoms with Crippen LogP contribution in [-0.2, 0) is 19.1 Å². The van der Waals surface area contributed by atoms with Gasteiger partial charge in [0.05, 0.1) is 0 Å². The number of aliphatic carboxylic acids is 1. The first-order valence-corrected chi connectivity index (χ1v) is 22.7. The lowest BCUT2D eigenvalue weighted by Crippen LogP contribution is -2.54. The van der Waals surface area contributed by atoms with Crippen LogP contribution >= 0.6 is 0 Å². The van der Waals surface area contributed by atoms with Gasteiger partial charge in [-0.2, -0.15) is 0 Å². The topological polar surface area (TPSA) is 92.7 Å². The number of fused-ring (bicyclic) bond motifs is 5. The van der Waals surface area contributed by atoms with Gasteiger partial charge in [-0.25, -0.2) is 0 Å². The molecular formula is C48H79NO5. The predicted molar refractivity (Wildman–Crippen MR) is 222 cm³/mol. The lowest BCUT2D eigenvalue weighted by molar-refractivity contribution is -0.162. The maximum Gasteiger partial charge on any atom is 0.322 e. The lowest BCUT2D eigenvalue weighted by atomic mass is 9.44. The Bertz CT molecular complexity index is 1240. The monoisotopic (exact) mass is 750 g/mol. The summed E-state index contributed by atoms with van der Waals surface area (Å²) in [6.07, 6.45) is 42.2. The molecule has 4 rings (SSSR count). The molecule has 6 nitrogen and oxygen atoms in total. The minimum Gasteiger partial charge on any atom is -0.480 e. The van der Waals surface area contributed by atoms with Crippen molar-refractivity contribution in [1.82, 2.24) is 5.32 Å². The standard InChI is InChI=1S/C48H79NO5/c1-5-6-7-8-9-10-11-12-13-14-15-16-17-18-19-20-21-22-23-24-46(53)54-39-31-33-47(3)38(35-39)26-27-40-42-29-28-41(48(42,4)34-32-43(40)47)37(2)25-30-44(50)49-36-45(51)52/h9-10,12-13,15-16,37-43H,5-8,11,14,17-36H2,1-4H3,(H,49,50)(H,51,52)/b10-9-,13-12-,16-15-. The first-order valence-electron chi connectivity index (χ1n) is 22.7. The van der Waals surface area contributed by atoms with Gasteiger partial charge in [0.1, 0.15) is 12.6 Å². The van der Waals surface area contributed by atoms with E-state index in [-0.39, 0.29) is 24.5 Å². The van der Waals surface area contributed by atoms with Gasteiger partial charge in [0, 0.05) is 12.8 Å². The van der Waals surface area contributed by atoms with Crippen molar-refractivity contribution in [2.24, 2.45) is 46.3 Å². The molecule has 0 aromatic carbocycles. The van der Waals surface area contributed by atoms with Crippen LogP contribution in [0.4, 0.5) is 0 Å². The van der Waals surface area contributed by atoms with E-state index in [4.69, 9.17) is 9.84 Å². The highest BCUT2D eigenvalue weighted by atomic mass is 16.5. The Balaban J connectivity index is 1.06. The fraction of sp³-hybridized carbons (Fsp3) is 0.812. The quantitative estimate of drug-likeness (QED) is 0.0582. The Labute approximate surface area is 330 Å². The summed E-state index contributed by atoms with van der Waals surface area (Å²) < 4.78 is 6.14. The SMILES string of the molecule is CCCCC/C=C\C/C=C\C/C=C\CCCCCCCCC(=O)OC1CCC2(C)C(CCC3C2CCC2(C)C(C(C)CCC(=O)NCC(=O)O)CCC32)C1. The number of carbonyl (C=O) groups excluding carboxylic acids is 2. The van der Waals surface area contributed by atoms with Crippen LogP contribution in [0.15, 0.2) is 36.5 Å². The largest absolute Gasteiger partial charge is 0.480 e. The van der Waals surface area contributed by atoms with Crippen LogP contribution < -0.4 is 5.32 Å². The molecule has 2 N–H and O–H groups in total. The van der Waals surface area contributed by atoms with Crippen molar-refractivity contribution in [3.63, 3.8) is 0 Å². The second-order valence-electron chi connectivity index (χ2n) is 18.5. The number of rotatable bonds is 24. The van der Waals surface area contributed by atoms with Crippen LogP contribution in [0.25, 0.3) is 0 Å². The van der Waals surface area contributed by atoms with Crippen LogP contribution in [-0.4, -0.2) is 35.6 Å². The summed E-state index contributed by atoms with van der Waals surface area (Å²) in [7, 11) is 0. The average molecular weight is 750 g/mol. The third-order valence-corrected chi connectivity index (χ3v) is 15.0. The Morgan fingerprint density at radius 2 is 1.37 bits per heavy atom. The van der Waals surface area contributed by atoms with Crippen molar-refractivity contribution in [3.8, 4) is 0 Å². The number of amides is 1. The molecule has 0 radical (unpaired) electrons. The van der Waals surface area contributed by atoms with E-state index >= 15 is 0 Å². The van der Waals surface area contributed by atoms with Crippen LogP contribution in [0.5, 0.6) is 0 Å². The maximum absolute atomic E-state index is 12.9. The number of carbonyl (C=O) groups is 3. The lowest BCUT2D eigenvalue weighted by Gasteiger charge is -2.61. The average Bonchev–Trinajstić information content (AvgIpc) is 3.51. The first-order chi connectivity index (χ1) is 26.1. The molecule has 1 amide bonds. The molecule has 4 saturated carbocycles. The number of unbranched alkanes of at least 4 members (excludes halogenated alkanes) is 9. The number of carboxylic acids is 1. The Kier molecular flexibility index (Phi) is 18.9. The summed E-state index contributed by atoms with van der Waals surface area (Å²) in [4.78, 5) is 35.9. The van der Waals surface area contributed by atoms with Gasteiger partial charge in [-0.15, -0.1) is 0 Å². The summed E-state index contributed by atoms with van der Waals surface area (Å²) in [6, 6.07) is 0. The number of hydrogen-bond donors (Lipinski definition) is 2. The van der Waals surface area contributed by atoms with Gasteiger partial charge < -0.3 is 15.2 Å². The second kappa shape index (κ2) is 23.0. The molecule has 4 aliphatic carbocycles. The fourth-order valence-electron chi connectivity index (χ4n) is 11.9. The smallest absolute Gasteiger partial charge is 0.322 e. The van der Waals surface area contributed by atoms with Crippen molar-refractivity contribution in [2.45, 2.75) is 194 Å². The van der Waals surface area contributed by atoms with E-state index in [1.54, 1.807) is 0 Å². The third kappa shape index (κ3) is 13.1. The van der Waals surface area contributed by atoms with Crippen molar-refractivity contribution < 1.29 is 24.2 Å². The molecule has 0 aromatic rings. The number of allylic oxidation sites excluding steroid dienone is 6. The van der Waals surface area contributed by atoms with E-state index in [2.05, 4.69) is 69.5 Å². The van der Waals surface area contributed by atoms with Crippen LogP contribution in [0, 0.1) is 46.3 Å². The Morgan fingerprint density at radius 3 is 2.07 bits per heavy atom. The molecule has 4 aliphatic rings. The summed E-state index contributed by atoms with van der Waals surface area (Å²) in [6.45, 7) is 9.43. The number of ether oxygens (including phenoxy) is 1. The molecular weight excluding hydrogens is 671 g/mol. The predicted octanol–water partition coefficient (Wildman–Crippen LogP) is 12.3. The summed E-state index contributed by atoms with van der Waals surface area (Å²) >= 11 is 0. The zero-order valence-corrected chi connectivity index (χ0v) is 35.0. The Hall–Kier alpha value is -2.37. The van der Waals surface area contributed by atoms with Gasteiger partial charge in [-0.3, -0.25) is 14.4 Å². The van der Waals surface area contributed by atoms with Crippen molar-refractivity contribution in [3.05, 3.63) is 36.5 Å². The third-order valence-electron chi connectivity index (χ3n) is 15.0.